The van der Waals surface area contributed by atoms with E-state index in [0.717, 1.165) is 19.3 Å². The fourth-order valence-electron chi connectivity index (χ4n) is 1.32. The maximum atomic E-state index is 11.4. The highest BCUT2D eigenvalue weighted by Gasteiger charge is 2.29. The average molecular weight is 242 g/mol. The maximum absolute atomic E-state index is 11.4. The molecule has 0 aromatic carbocycles. The lowest BCUT2D eigenvalue weighted by Crippen LogP contribution is -2.41. The Kier molecular flexibility index (Phi) is 7.21. The van der Waals surface area contributed by atoms with Crippen LogP contribution in [-0.4, -0.2) is 11.8 Å². The molecule has 0 radical (unpaired) electrons. The van der Waals surface area contributed by atoms with Crippen molar-refractivity contribution in [3.8, 4) is 0 Å². The average Bonchev–Trinajstić information content (AvgIpc) is 1.96. The second-order valence-corrected chi connectivity index (χ2v) is 3.97. The molecule has 1 aliphatic rings. The van der Waals surface area contributed by atoms with Gasteiger partial charge >= 0.3 is 0 Å². The van der Waals surface area contributed by atoms with Crippen LogP contribution >= 0.6 is 24.8 Å². The monoisotopic (exact) mass is 241 g/mol. The summed E-state index contributed by atoms with van der Waals surface area (Å²) in [5, 5.41) is 2.39. The zero-order chi connectivity index (χ0) is 9.19. The molecule has 1 aliphatic heterocycles. The zero-order valence-corrected chi connectivity index (χ0v) is 10.1. The van der Waals surface area contributed by atoms with Gasteiger partial charge in [0.1, 0.15) is 0 Å². The van der Waals surface area contributed by atoms with Crippen molar-refractivity contribution in [3.05, 3.63) is 0 Å². The largest absolute Gasteiger partial charge is 0.296 e. The van der Waals surface area contributed by atoms with Gasteiger partial charge in [0.25, 0.3) is 0 Å². The number of imide groups is 1. The Bertz CT molecular complexity index is 217. The van der Waals surface area contributed by atoms with Crippen molar-refractivity contribution in [2.24, 2.45) is 5.41 Å². The van der Waals surface area contributed by atoms with Gasteiger partial charge < -0.3 is 0 Å². The third-order valence-electron chi connectivity index (χ3n) is 2.32. The summed E-state index contributed by atoms with van der Waals surface area (Å²) in [5.74, 6) is -0.264. The summed E-state index contributed by atoms with van der Waals surface area (Å²) < 4.78 is 0. The molecular weight excluding hydrogens is 225 g/mol. The molecule has 2 amide bonds. The van der Waals surface area contributed by atoms with Crippen LogP contribution in [0.1, 0.15) is 39.5 Å². The SMILES string of the molecule is CC1(C)CCCCC(=O)NC1=O.Cl.Cl. The maximum Gasteiger partial charge on any atom is 0.232 e. The molecule has 0 unspecified atom stereocenters. The van der Waals surface area contributed by atoms with E-state index in [1.807, 2.05) is 13.8 Å². The predicted octanol–water partition coefficient (Wildman–Crippen LogP) is 2.07. The van der Waals surface area contributed by atoms with Crippen LogP contribution in [0.25, 0.3) is 0 Å². The quantitative estimate of drug-likeness (QED) is 0.661. The zero-order valence-electron chi connectivity index (χ0n) is 8.46. The Hall–Kier alpha value is -0.280. The molecule has 1 N–H and O–H groups in total. The first kappa shape index (κ1) is 16.2. The number of carbonyl (C=O) groups is 2. The molecule has 0 bridgehead atoms. The van der Waals surface area contributed by atoms with E-state index in [2.05, 4.69) is 5.32 Å². The number of carbonyl (C=O) groups excluding carboxylic acids is 2. The van der Waals surface area contributed by atoms with Crippen LogP contribution in [0.4, 0.5) is 0 Å². The molecule has 3 nitrogen and oxygen atoms in total. The van der Waals surface area contributed by atoms with E-state index in [-0.39, 0.29) is 42.0 Å². The van der Waals surface area contributed by atoms with Gasteiger partial charge in [-0.3, -0.25) is 14.9 Å². The van der Waals surface area contributed by atoms with Gasteiger partial charge in [0.05, 0.1) is 0 Å². The summed E-state index contributed by atoms with van der Waals surface area (Å²) in [6.07, 6.45) is 3.21. The molecule has 0 atom stereocenters. The summed E-state index contributed by atoms with van der Waals surface area (Å²) in [7, 11) is 0. The summed E-state index contributed by atoms with van der Waals surface area (Å²) in [6.45, 7) is 3.75. The fraction of sp³-hybridized carbons (Fsp3) is 0.778. The van der Waals surface area contributed by atoms with Gasteiger partial charge in [0.15, 0.2) is 0 Å². The molecular formula is C9H17Cl2NO2. The van der Waals surface area contributed by atoms with E-state index in [1.54, 1.807) is 0 Å². The van der Waals surface area contributed by atoms with Gasteiger partial charge in [0, 0.05) is 11.8 Å². The Morgan fingerprint density at radius 3 is 2.29 bits per heavy atom. The van der Waals surface area contributed by atoms with E-state index in [9.17, 15) is 9.59 Å². The summed E-state index contributed by atoms with van der Waals surface area (Å²) >= 11 is 0. The van der Waals surface area contributed by atoms with Crippen LogP contribution in [0.2, 0.25) is 0 Å². The van der Waals surface area contributed by atoms with Gasteiger partial charge in [-0.05, 0) is 12.8 Å². The van der Waals surface area contributed by atoms with Crippen molar-refractivity contribution < 1.29 is 9.59 Å². The minimum atomic E-state index is -0.379. The molecule has 0 aromatic heterocycles. The fourth-order valence-corrected chi connectivity index (χ4v) is 1.32. The first-order valence-corrected chi connectivity index (χ1v) is 4.37. The minimum absolute atomic E-state index is 0. The highest BCUT2D eigenvalue weighted by molar-refractivity contribution is 5.97. The van der Waals surface area contributed by atoms with E-state index < -0.39 is 0 Å². The molecule has 1 rings (SSSR count). The molecule has 14 heavy (non-hydrogen) atoms. The number of amides is 2. The number of halogens is 2. The van der Waals surface area contributed by atoms with Gasteiger partial charge in [-0.1, -0.05) is 20.3 Å². The van der Waals surface area contributed by atoms with Gasteiger partial charge in [-0.15, -0.1) is 24.8 Å². The Balaban J connectivity index is 0. The number of nitrogens with one attached hydrogen (secondary N) is 1. The Morgan fingerprint density at radius 1 is 1.14 bits per heavy atom. The number of rotatable bonds is 0. The third-order valence-corrected chi connectivity index (χ3v) is 2.32. The lowest BCUT2D eigenvalue weighted by Gasteiger charge is -2.24. The van der Waals surface area contributed by atoms with Crippen molar-refractivity contribution in [2.45, 2.75) is 39.5 Å². The topological polar surface area (TPSA) is 46.2 Å². The summed E-state index contributed by atoms with van der Waals surface area (Å²) in [4.78, 5) is 22.4. The van der Waals surface area contributed by atoms with Crippen LogP contribution < -0.4 is 5.32 Å². The molecule has 1 heterocycles. The summed E-state index contributed by atoms with van der Waals surface area (Å²) in [5.41, 5.74) is -0.379. The molecule has 5 heteroatoms. The van der Waals surface area contributed by atoms with E-state index in [0.29, 0.717) is 6.42 Å². The Morgan fingerprint density at radius 2 is 1.71 bits per heavy atom. The first-order valence-electron chi connectivity index (χ1n) is 4.37. The number of hydrogen-bond donors (Lipinski definition) is 1. The molecule has 1 saturated heterocycles. The summed E-state index contributed by atoms with van der Waals surface area (Å²) in [6, 6.07) is 0. The van der Waals surface area contributed by atoms with Crippen molar-refractivity contribution in [1.29, 1.82) is 0 Å². The van der Waals surface area contributed by atoms with Crippen LogP contribution in [0.15, 0.2) is 0 Å². The van der Waals surface area contributed by atoms with Crippen LogP contribution in [0.3, 0.4) is 0 Å². The highest BCUT2D eigenvalue weighted by atomic mass is 35.5. The normalized spacial score (nSPS) is 20.7. The van der Waals surface area contributed by atoms with Crippen LogP contribution in [-0.2, 0) is 9.59 Å². The van der Waals surface area contributed by atoms with Gasteiger partial charge in [-0.2, -0.15) is 0 Å². The Labute approximate surface area is 96.8 Å². The third kappa shape index (κ3) is 4.29. The molecule has 0 saturated carbocycles. The van der Waals surface area contributed by atoms with Crippen molar-refractivity contribution in [2.75, 3.05) is 0 Å². The first-order chi connectivity index (χ1) is 5.52. The van der Waals surface area contributed by atoms with E-state index in [4.69, 9.17) is 0 Å². The van der Waals surface area contributed by atoms with E-state index >= 15 is 0 Å². The van der Waals surface area contributed by atoms with Gasteiger partial charge in [-0.25, -0.2) is 0 Å². The predicted molar refractivity (Wildman–Crippen MR) is 59.9 cm³/mol. The molecule has 0 aliphatic carbocycles. The second-order valence-electron chi connectivity index (χ2n) is 3.97. The van der Waals surface area contributed by atoms with Crippen molar-refractivity contribution >= 4 is 36.6 Å². The van der Waals surface area contributed by atoms with Gasteiger partial charge in [0.2, 0.25) is 11.8 Å². The van der Waals surface area contributed by atoms with Crippen molar-refractivity contribution in [3.63, 3.8) is 0 Å². The van der Waals surface area contributed by atoms with E-state index in [1.165, 1.54) is 0 Å². The van der Waals surface area contributed by atoms with Crippen LogP contribution in [0, 0.1) is 5.41 Å². The lowest BCUT2D eigenvalue weighted by atomic mass is 9.85. The molecule has 0 spiro atoms. The van der Waals surface area contributed by atoms with Crippen molar-refractivity contribution in [1.82, 2.24) is 5.32 Å². The highest BCUT2D eigenvalue weighted by Crippen LogP contribution is 2.25. The molecule has 84 valence electrons. The standard InChI is InChI=1S/C9H15NO2.2ClH/c1-9(2)6-4-3-5-7(11)10-8(9)12;;/h3-6H2,1-2H3,(H,10,11,12);2*1H. The molecule has 1 fully saturated rings. The minimum Gasteiger partial charge on any atom is -0.296 e. The molecule has 0 aromatic rings. The smallest absolute Gasteiger partial charge is 0.232 e. The van der Waals surface area contributed by atoms with Crippen LogP contribution in [0.5, 0.6) is 0 Å². The number of hydrogen-bond acceptors (Lipinski definition) is 2. The second kappa shape index (κ2) is 6.25. The lowest BCUT2D eigenvalue weighted by molar-refractivity contribution is -0.137.